The highest BCUT2D eigenvalue weighted by Gasteiger charge is 2.51. The zero-order valence-corrected chi connectivity index (χ0v) is 19.5. The van der Waals surface area contributed by atoms with Crippen molar-refractivity contribution in [3.63, 3.8) is 0 Å². The lowest BCUT2D eigenvalue weighted by Crippen LogP contribution is -2.47. The van der Waals surface area contributed by atoms with Crippen LogP contribution in [0.5, 0.6) is 0 Å². The van der Waals surface area contributed by atoms with Crippen LogP contribution in [0.15, 0.2) is 36.4 Å². The molecule has 7 rings (SSSR count). The van der Waals surface area contributed by atoms with Crippen LogP contribution in [0.1, 0.15) is 44.9 Å². The van der Waals surface area contributed by atoms with E-state index in [0.29, 0.717) is 22.2 Å². The van der Waals surface area contributed by atoms with Crippen LogP contribution < -0.4 is 5.32 Å². The predicted octanol–water partition coefficient (Wildman–Crippen LogP) is 7.82. The van der Waals surface area contributed by atoms with Crippen LogP contribution in [-0.4, -0.2) is 10.9 Å². The standard InChI is InChI=1S/C25H24Cl2N2OS/c26-17-8-18(24-28-20-3-1-2-4-21(20)31-24)23(19(27)9-17)29-22(30)13-25-10-14-5-15(11-25)7-16(6-14)12-25/h1-4,8-9,14-16H,5-7,10-13H2,(H,29,30). The molecule has 3 nitrogen and oxygen atoms in total. The molecule has 0 radical (unpaired) electrons. The molecule has 1 heterocycles. The minimum atomic E-state index is 0.0635. The third-order valence-electron chi connectivity index (χ3n) is 7.54. The molecule has 4 bridgehead atoms. The summed E-state index contributed by atoms with van der Waals surface area (Å²) >= 11 is 14.5. The molecular formula is C25H24Cl2N2OS. The second kappa shape index (κ2) is 7.47. The van der Waals surface area contributed by atoms with Crippen molar-refractivity contribution in [2.45, 2.75) is 44.9 Å². The number of thiazole rings is 1. The first-order valence-electron chi connectivity index (χ1n) is 11.1. The number of para-hydroxylation sites is 1. The van der Waals surface area contributed by atoms with Gasteiger partial charge in [-0.2, -0.15) is 0 Å². The number of anilines is 1. The van der Waals surface area contributed by atoms with E-state index in [1.165, 1.54) is 38.5 Å². The second-order valence-electron chi connectivity index (χ2n) is 9.94. The Balaban J connectivity index is 1.30. The lowest BCUT2D eigenvalue weighted by Gasteiger charge is -2.56. The maximum Gasteiger partial charge on any atom is 0.224 e. The second-order valence-corrected chi connectivity index (χ2v) is 11.8. The molecule has 4 aliphatic rings. The highest BCUT2D eigenvalue weighted by atomic mass is 35.5. The van der Waals surface area contributed by atoms with Gasteiger partial charge in [-0.05, 0) is 86.0 Å². The molecule has 1 N–H and O–H groups in total. The van der Waals surface area contributed by atoms with Gasteiger partial charge in [0.05, 0.1) is 20.9 Å². The Morgan fingerprint density at radius 1 is 1.06 bits per heavy atom. The molecule has 2 aromatic carbocycles. The van der Waals surface area contributed by atoms with Gasteiger partial charge in [-0.15, -0.1) is 11.3 Å². The molecule has 0 aliphatic heterocycles. The zero-order valence-electron chi connectivity index (χ0n) is 17.2. The molecule has 1 aromatic heterocycles. The van der Waals surface area contributed by atoms with Crippen LogP contribution in [0, 0.1) is 23.2 Å². The van der Waals surface area contributed by atoms with E-state index in [4.69, 9.17) is 28.2 Å². The van der Waals surface area contributed by atoms with Crippen molar-refractivity contribution in [2.75, 3.05) is 5.32 Å². The smallest absolute Gasteiger partial charge is 0.224 e. The van der Waals surface area contributed by atoms with Gasteiger partial charge in [-0.1, -0.05) is 35.3 Å². The molecule has 160 valence electrons. The number of nitrogens with one attached hydrogen (secondary N) is 1. The predicted molar refractivity (Wildman–Crippen MR) is 129 cm³/mol. The summed E-state index contributed by atoms with van der Waals surface area (Å²) in [7, 11) is 0. The van der Waals surface area contributed by atoms with Crippen molar-refractivity contribution in [1.82, 2.24) is 4.98 Å². The SMILES string of the molecule is O=C(CC12CC3CC(CC(C3)C1)C2)Nc1c(Cl)cc(Cl)cc1-c1nc2ccccc2s1. The third-order valence-corrected chi connectivity index (χ3v) is 9.13. The van der Waals surface area contributed by atoms with Crippen molar-refractivity contribution >= 4 is 56.3 Å². The first-order valence-corrected chi connectivity index (χ1v) is 12.7. The minimum Gasteiger partial charge on any atom is -0.324 e. The average Bonchev–Trinajstić information content (AvgIpc) is 3.12. The summed E-state index contributed by atoms with van der Waals surface area (Å²) in [5.74, 6) is 2.55. The summed E-state index contributed by atoms with van der Waals surface area (Å²) in [6, 6.07) is 11.6. The van der Waals surface area contributed by atoms with Gasteiger partial charge in [-0.25, -0.2) is 4.98 Å². The van der Waals surface area contributed by atoms with Crippen LogP contribution in [0.2, 0.25) is 10.0 Å². The van der Waals surface area contributed by atoms with Crippen LogP contribution in [0.3, 0.4) is 0 Å². The lowest BCUT2D eigenvalue weighted by molar-refractivity contribution is -0.124. The van der Waals surface area contributed by atoms with Crippen LogP contribution >= 0.6 is 34.5 Å². The van der Waals surface area contributed by atoms with E-state index >= 15 is 0 Å². The summed E-state index contributed by atoms with van der Waals surface area (Å²) in [5.41, 5.74) is 2.54. The number of fused-ring (bicyclic) bond motifs is 1. The summed E-state index contributed by atoms with van der Waals surface area (Å²) in [5, 5.41) is 4.98. The first-order chi connectivity index (χ1) is 15.0. The van der Waals surface area contributed by atoms with E-state index in [-0.39, 0.29) is 11.3 Å². The Morgan fingerprint density at radius 2 is 1.74 bits per heavy atom. The molecule has 31 heavy (non-hydrogen) atoms. The van der Waals surface area contributed by atoms with Crippen molar-refractivity contribution in [2.24, 2.45) is 23.2 Å². The molecule has 4 aliphatic carbocycles. The Morgan fingerprint density at radius 3 is 2.42 bits per heavy atom. The number of carbonyl (C=O) groups is 1. The van der Waals surface area contributed by atoms with E-state index in [1.54, 1.807) is 17.4 Å². The highest BCUT2D eigenvalue weighted by Crippen LogP contribution is 2.61. The number of carbonyl (C=O) groups excluding carboxylic acids is 1. The topological polar surface area (TPSA) is 42.0 Å². The fourth-order valence-electron chi connectivity index (χ4n) is 6.89. The van der Waals surface area contributed by atoms with Crippen LogP contribution in [-0.2, 0) is 4.79 Å². The molecule has 1 amide bonds. The fraction of sp³-hybridized carbons (Fsp3) is 0.440. The minimum absolute atomic E-state index is 0.0635. The Bertz CT molecular complexity index is 1120. The first kappa shape index (κ1) is 20.0. The molecule has 4 fully saturated rings. The number of aromatic nitrogens is 1. The van der Waals surface area contributed by atoms with Gasteiger partial charge in [0.15, 0.2) is 0 Å². The Kier molecular flexibility index (Phi) is 4.82. The van der Waals surface area contributed by atoms with Crippen molar-refractivity contribution in [3.05, 3.63) is 46.4 Å². The zero-order chi connectivity index (χ0) is 21.2. The maximum atomic E-state index is 13.3. The molecule has 0 unspecified atom stereocenters. The van der Waals surface area contributed by atoms with Gasteiger partial charge in [0.25, 0.3) is 0 Å². The van der Waals surface area contributed by atoms with Gasteiger partial charge in [0.1, 0.15) is 5.01 Å². The molecule has 4 saturated carbocycles. The van der Waals surface area contributed by atoms with Gasteiger partial charge in [0, 0.05) is 17.0 Å². The van der Waals surface area contributed by atoms with E-state index < -0.39 is 0 Å². The summed E-state index contributed by atoms with van der Waals surface area (Å²) in [4.78, 5) is 18.0. The third kappa shape index (κ3) is 3.67. The van der Waals surface area contributed by atoms with Crippen molar-refractivity contribution in [1.29, 1.82) is 0 Å². The Labute approximate surface area is 196 Å². The molecule has 0 atom stereocenters. The number of hydrogen-bond acceptors (Lipinski definition) is 3. The number of rotatable bonds is 4. The number of halogens is 2. The summed E-state index contributed by atoms with van der Waals surface area (Å²) in [6.07, 6.45) is 8.38. The quantitative estimate of drug-likeness (QED) is 0.422. The van der Waals surface area contributed by atoms with Crippen molar-refractivity contribution in [3.8, 4) is 10.6 Å². The molecule has 6 heteroatoms. The fourth-order valence-corrected chi connectivity index (χ4v) is 8.42. The summed E-state index contributed by atoms with van der Waals surface area (Å²) < 4.78 is 1.10. The molecule has 0 saturated heterocycles. The highest BCUT2D eigenvalue weighted by molar-refractivity contribution is 7.21. The van der Waals surface area contributed by atoms with Crippen LogP contribution in [0.4, 0.5) is 5.69 Å². The normalized spacial score (nSPS) is 28.9. The van der Waals surface area contributed by atoms with E-state index in [0.717, 1.165) is 38.5 Å². The molecular weight excluding hydrogens is 447 g/mol. The van der Waals surface area contributed by atoms with E-state index in [9.17, 15) is 4.79 Å². The van der Waals surface area contributed by atoms with Gasteiger partial charge < -0.3 is 5.32 Å². The largest absolute Gasteiger partial charge is 0.324 e. The van der Waals surface area contributed by atoms with E-state index in [2.05, 4.69) is 5.32 Å². The van der Waals surface area contributed by atoms with E-state index in [1.807, 2.05) is 30.3 Å². The number of amides is 1. The number of nitrogens with zero attached hydrogens (tertiary/aromatic N) is 1. The molecule has 0 spiro atoms. The van der Waals surface area contributed by atoms with Gasteiger partial charge in [0.2, 0.25) is 5.91 Å². The Hall–Kier alpha value is -1.62. The summed E-state index contributed by atoms with van der Waals surface area (Å²) in [6.45, 7) is 0. The number of benzene rings is 2. The average molecular weight is 471 g/mol. The monoisotopic (exact) mass is 470 g/mol. The molecule has 3 aromatic rings. The lowest BCUT2D eigenvalue weighted by atomic mass is 9.49. The van der Waals surface area contributed by atoms with Crippen molar-refractivity contribution < 1.29 is 4.79 Å². The maximum absolute atomic E-state index is 13.3. The van der Waals surface area contributed by atoms with Crippen LogP contribution in [0.25, 0.3) is 20.8 Å². The van der Waals surface area contributed by atoms with Gasteiger partial charge >= 0.3 is 0 Å². The van der Waals surface area contributed by atoms with Gasteiger partial charge in [-0.3, -0.25) is 4.79 Å². The number of hydrogen-bond donors (Lipinski definition) is 1.